The molecule has 0 aromatic rings. The van der Waals surface area contributed by atoms with Crippen molar-refractivity contribution in [1.29, 1.82) is 0 Å². The van der Waals surface area contributed by atoms with Gasteiger partial charge in [0.1, 0.15) is 0 Å². The lowest BCUT2D eigenvalue weighted by atomic mass is 9.96. The Morgan fingerprint density at radius 2 is 1.81 bits per heavy atom. The molecular weight excluding hydrogens is 291 g/mol. The second-order valence-electron chi connectivity index (χ2n) is 5.65. The van der Waals surface area contributed by atoms with E-state index in [1.165, 1.54) is 0 Å². The Balaban J connectivity index is 1.97. The first kappa shape index (κ1) is 16.1. The zero-order chi connectivity index (χ0) is 15.6. The van der Waals surface area contributed by atoms with E-state index in [0.29, 0.717) is 26.1 Å². The van der Waals surface area contributed by atoms with Crippen molar-refractivity contribution >= 4 is 11.9 Å². The third-order valence-corrected chi connectivity index (χ3v) is 4.21. The summed E-state index contributed by atoms with van der Waals surface area (Å²) < 4.78 is 43.7. The predicted octanol–water partition coefficient (Wildman–Crippen LogP) is 1.52. The molecule has 2 aliphatic heterocycles. The van der Waals surface area contributed by atoms with E-state index >= 15 is 0 Å². The maximum absolute atomic E-state index is 12.8. The smallest absolute Gasteiger partial charge is 0.394 e. The lowest BCUT2D eigenvalue weighted by Crippen LogP contribution is -2.34. The molecule has 0 aliphatic carbocycles. The maximum Gasteiger partial charge on any atom is 0.394 e. The van der Waals surface area contributed by atoms with Crippen molar-refractivity contribution in [3.05, 3.63) is 0 Å². The van der Waals surface area contributed by atoms with Crippen molar-refractivity contribution in [2.24, 2.45) is 17.8 Å². The van der Waals surface area contributed by atoms with Crippen molar-refractivity contribution in [3.8, 4) is 0 Å². The third-order valence-electron chi connectivity index (χ3n) is 4.21. The fraction of sp³-hybridized carbons (Fsp3) is 0.846. The van der Waals surface area contributed by atoms with Gasteiger partial charge in [-0.25, -0.2) is 0 Å². The van der Waals surface area contributed by atoms with Crippen LogP contribution in [-0.4, -0.2) is 54.4 Å². The second kappa shape index (κ2) is 6.21. The first-order valence-electron chi connectivity index (χ1n) is 6.94. The highest BCUT2D eigenvalue weighted by Gasteiger charge is 2.53. The Bertz CT molecular complexity index is 407. The molecule has 0 radical (unpaired) electrons. The molecule has 1 N–H and O–H groups in total. The Hall–Kier alpha value is -1.31. The van der Waals surface area contributed by atoms with Crippen LogP contribution in [0.15, 0.2) is 0 Å². The largest absolute Gasteiger partial charge is 0.481 e. The van der Waals surface area contributed by atoms with Gasteiger partial charge in [-0.05, 0) is 18.8 Å². The molecule has 8 heteroatoms. The minimum Gasteiger partial charge on any atom is -0.481 e. The molecule has 2 atom stereocenters. The van der Waals surface area contributed by atoms with Crippen LogP contribution in [0.5, 0.6) is 0 Å². The molecule has 0 aromatic carbocycles. The van der Waals surface area contributed by atoms with Gasteiger partial charge in [-0.1, -0.05) is 0 Å². The zero-order valence-electron chi connectivity index (χ0n) is 11.4. The molecule has 2 rings (SSSR count). The number of carboxylic acids is 1. The molecule has 2 aliphatic rings. The molecule has 5 nitrogen and oxygen atoms in total. The summed E-state index contributed by atoms with van der Waals surface area (Å²) in [6.07, 6.45) is -3.01. The first-order chi connectivity index (χ1) is 9.79. The van der Waals surface area contributed by atoms with Gasteiger partial charge in [-0.3, -0.25) is 9.59 Å². The molecule has 0 spiro atoms. The molecule has 0 unspecified atom stereocenters. The molecule has 0 saturated carbocycles. The van der Waals surface area contributed by atoms with Crippen LogP contribution in [0.4, 0.5) is 13.2 Å². The van der Waals surface area contributed by atoms with Crippen LogP contribution in [0.1, 0.15) is 19.3 Å². The van der Waals surface area contributed by atoms with Crippen LogP contribution in [0.25, 0.3) is 0 Å². The van der Waals surface area contributed by atoms with Gasteiger partial charge in [0.25, 0.3) is 0 Å². The van der Waals surface area contributed by atoms with Gasteiger partial charge in [0.2, 0.25) is 5.91 Å². The van der Waals surface area contributed by atoms with E-state index < -0.39 is 30.5 Å². The number of carboxylic acid groups (broad SMARTS) is 1. The number of nitrogens with zero attached hydrogens (tertiary/aromatic N) is 1. The number of hydrogen-bond acceptors (Lipinski definition) is 3. The molecule has 1 amide bonds. The summed E-state index contributed by atoms with van der Waals surface area (Å²) in [5.41, 5.74) is 0. The highest BCUT2D eigenvalue weighted by molar-refractivity contribution is 5.79. The average Bonchev–Trinajstić information content (AvgIpc) is 2.85. The molecule has 0 bridgehead atoms. The minimum absolute atomic E-state index is 0.111. The highest BCUT2D eigenvalue weighted by Crippen LogP contribution is 2.38. The molecule has 120 valence electrons. The lowest BCUT2D eigenvalue weighted by Gasteiger charge is -2.24. The van der Waals surface area contributed by atoms with Crippen molar-refractivity contribution in [2.45, 2.75) is 25.4 Å². The standard InChI is InChI=1S/C13H18F3NO4/c14-13(15,16)10-7-17(6-9(10)12(19)20)11(18)5-8-1-3-21-4-2-8/h8-10H,1-7H2,(H,19,20)/t9-,10-/m1/s1. The van der Waals surface area contributed by atoms with Gasteiger partial charge < -0.3 is 14.7 Å². The topological polar surface area (TPSA) is 66.8 Å². The number of alkyl halides is 3. The number of rotatable bonds is 3. The minimum atomic E-state index is -4.60. The Labute approximate surface area is 120 Å². The quantitative estimate of drug-likeness (QED) is 0.858. The van der Waals surface area contributed by atoms with Gasteiger partial charge in [0.15, 0.2) is 0 Å². The Morgan fingerprint density at radius 3 is 2.29 bits per heavy atom. The maximum atomic E-state index is 12.8. The van der Waals surface area contributed by atoms with Gasteiger partial charge in [0.05, 0.1) is 11.8 Å². The van der Waals surface area contributed by atoms with Crippen LogP contribution in [0.2, 0.25) is 0 Å². The normalized spacial score (nSPS) is 27.9. The molecule has 2 heterocycles. The predicted molar refractivity (Wildman–Crippen MR) is 65.4 cm³/mol. The van der Waals surface area contributed by atoms with E-state index in [9.17, 15) is 22.8 Å². The van der Waals surface area contributed by atoms with Crippen LogP contribution in [0.3, 0.4) is 0 Å². The summed E-state index contributed by atoms with van der Waals surface area (Å²) >= 11 is 0. The van der Waals surface area contributed by atoms with E-state index in [-0.39, 0.29) is 24.8 Å². The van der Waals surface area contributed by atoms with E-state index in [1.54, 1.807) is 0 Å². The van der Waals surface area contributed by atoms with Crippen molar-refractivity contribution in [1.82, 2.24) is 4.90 Å². The third kappa shape index (κ3) is 3.87. The molecule has 2 fully saturated rings. The highest BCUT2D eigenvalue weighted by atomic mass is 19.4. The van der Waals surface area contributed by atoms with Crippen LogP contribution < -0.4 is 0 Å². The number of amides is 1. The Morgan fingerprint density at radius 1 is 1.19 bits per heavy atom. The second-order valence-corrected chi connectivity index (χ2v) is 5.65. The Kier molecular flexibility index (Phi) is 4.75. The molecule has 0 aromatic heterocycles. The average molecular weight is 309 g/mol. The molecule has 21 heavy (non-hydrogen) atoms. The fourth-order valence-electron chi connectivity index (χ4n) is 2.92. The number of carbonyl (C=O) groups is 2. The van der Waals surface area contributed by atoms with Gasteiger partial charge in [-0.15, -0.1) is 0 Å². The van der Waals surface area contributed by atoms with Crippen LogP contribution in [-0.2, 0) is 14.3 Å². The molecular formula is C13H18F3NO4. The van der Waals surface area contributed by atoms with E-state index in [2.05, 4.69) is 0 Å². The van der Waals surface area contributed by atoms with Crippen molar-refractivity contribution < 1.29 is 32.6 Å². The molecule has 2 saturated heterocycles. The number of hydrogen-bond donors (Lipinski definition) is 1. The zero-order valence-corrected chi connectivity index (χ0v) is 11.4. The summed E-state index contributed by atoms with van der Waals surface area (Å²) in [7, 11) is 0. The van der Waals surface area contributed by atoms with E-state index in [0.717, 1.165) is 4.90 Å². The number of carbonyl (C=O) groups excluding carboxylic acids is 1. The summed E-state index contributed by atoms with van der Waals surface area (Å²) in [6, 6.07) is 0. The fourth-order valence-corrected chi connectivity index (χ4v) is 2.92. The summed E-state index contributed by atoms with van der Waals surface area (Å²) in [4.78, 5) is 24.1. The number of aliphatic carboxylic acids is 1. The van der Waals surface area contributed by atoms with E-state index in [4.69, 9.17) is 9.84 Å². The van der Waals surface area contributed by atoms with Crippen molar-refractivity contribution in [2.75, 3.05) is 26.3 Å². The summed E-state index contributed by atoms with van der Waals surface area (Å²) in [5, 5.41) is 8.91. The first-order valence-corrected chi connectivity index (χ1v) is 6.94. The summed E-state index contributed by atoms with van der Waals surface area (Å²) in [6.45, 7) is 0.200. The monoisotopic (exact) mass is 309 g/mol. The summed E-state index contributed by atoms with van der Waals surface area (Å²) in [5.74, 6) is -5.32. The lowest BCUT2D eigenvalue weighted by molar-refractivity contribution is -0.188. The van der Waals surface area contributed by atoms with Gasteiger partial charge in [-0.2, -0.15) is 13.2 Å². The van der Waals surface area contributed by atoms with E-state index in [1.807, 2.05) is 0 Å². The van der Waals surface area contributed by atoms with Gasteiger partial charge in [0, 0.05) is 32.7 Å². The number of halogens is 3. The SMILES string of the molecule is O=C(O)[C@@H]1CN(C(=O)CC2CCOCC2)C[C@H]1C(F)(F)F. The van der Waals surface area contributed by atoms with Crippen molar-refractivity contribution in [3.63, 3.8) is 0 Å². The number of likely N-dealkylation sites (tertiary alicyclic amines) is 1. The van der Waals surface area contributed by atoms with Crippen LogP contribution in [0, 0.1) is 17.8 Å². The van der Waals surface area contributed by atoms with Crippen LogP contribution >= 0.6 is 0 Å². The number of ether oxygens (including phenoxy) is 1. The van der Waals surface area contributed by atoms with Gasteiger partial charge >= 0.3 is 12.1 Å².